The van der Waals surface area contributed by atoms with Crippen molar-refractivity contribution in [3.8, 4) is 0 Å². The number of aliphatic carboxylic acids is 1. The van der Waals surface area contributed by atoms with Crippen LogP contribution in [0.5, 0.6) is 0 Å². The van der Waals surface area contributed by atoms with E-state index in [1.807, 2.05) is 0 Å². The second-order valence-electron chi connectivity index (χ2n) is 17.0. The van der Waals surface area contributed by atoms with Gasteiger partial charge in [0, 0.05) is 12.8 Å². The fourth-order valence-electron chi connectivity index (χ4n) is 7.11. The molecule has 0 aliphatic rings. The third-order valence-electron chi connectivity index (χ3n) is 11.0. The molecule has 4 N–H and O–H groups in total. The summed E-state index contributed by atoms with van der Waals surface area (Å²) >= 11 is 0. The molecular weight excluding hydrogens is 794 g/mol. The molecule has 0 aromatic carbocycles. The highest BCUT2D eigenvalue weighted by Gasteiger charge is 2.28. The van der Waals surface area contributed by atoms with E-state index in [1.165, 1.54) is 141 Å². The van der Waals surface area contributed by atoms with E-state index in [0.717, 1.165) is 57.8 Å². The number of carbonyl (C=O) groups excluding carboxylic acids is 2. The minimum atomic E-state index is -4.76. The average molecular weight is 886 g/mol. The number of phosphoric acid groups is 1. The zero-order valence-electron chi connectivity index (χ0n) is 39.0. The number of rotatable bonds is 47. The van der Waals surface area contributed by atoms with Gasteiger partial charge >= 0.3 is 19.8 Å². The van der Waals surface area contributed by atoms with Gasteiger partial charge in [-0.1, -0.05) is 205 Å². The lowest BCUT2D eigenvalue weighted by Crippen LogP contribution is -2.43. The third-order valence-corrected chi connectivity index (χ3v) is 11.9. The molecule has 0 saturated carbocycles. The predicted octanol–water partition coefficient (Wildman–Crippen LogP) is 13.4. The van der Waals surface area contributed by atoms with Gasteiger partial charge in [0.25, 0.3) is 0 Å². The first-order valence-corrected chi connectivity index (χ1v) is 26.4. The molecule has 0 aromatic rings. The highest BCUT2D eigenvalue weighted by Crippen LogP contribution is 2.43. The molecule has 0 spiro atoms. The lowest BCUT2D eigenvalue weighted by atomic mass is 10.0. The van der Waals surface area contributed by atoms with Crippen LogP contribution in [0.3, 0.4) is 0 Å². The molecule has 0 aliphatic heterocycles. The highest BCUT2D eigenvalue weighted by molar-refractivity contribution is 7.47. The molecule has 358 valence electrons. The van der Waals surface area contributed by atoms with E-state index < -0.39 is 57.6 Å². The topological polar surface area (TPSA) is 169 Å². The predicted molar refractivity (Wildman–Crippen MR) is 249 cm³/mol. The Balaban J connectivity index is 3.83. The summed E-state index contributed by atoms with van der Waals surface area (Å²) < 4.78 is 26.9. The van der Waals surface area contributed by atoms with Gasteiger partial charge in [-0.25, -0.2) is 9.36 Å². The SMILES string of the molecule is CCCCCC/C=C\C/C=C\CCCCCCCCCC(=O)NC(COP(=O)(O)OCC(O)COC(=O)CCCCCCCCCCCCCCCCCCCCC)C(=O)O. The standard InChI is InChI=1S/C49H92NO10P/c1-3-5-7-9-11-13-15-17-19-21-23-25-27-29-31-33-35-37-39-41-48(53)58-42-45(51)43-59-61(56,57)60-44-46(49(54)55)50-47(52)40-38-36-34-32-30-28-26-24-22-20-18-16-14-12-10-8-6-4-2/h14,16,20,22,45-46,51H,3-13,15,17-19,21,23-44H2,1-2H3,(H,50,52)(H,54,55)(H,56,57)/b16-14-,22-20-. The molecule has 0 aliphatic carbocycles. The van der Waals surface area contributed by atoms with Crippen molar-refractivity contribution < 1.29 is 47.8 Å². The summed E-state index contributed by atoms with van der Waals surface area (Å²) in [6.45, 7) is 2.61. The number of hydrogen-bond acceptors (Lipinski definition) is 8. The minimum absolute atomic E-state index is 0.138. The largest absolute Gasteiger partial charge is 0.480 e. The number of carboxylic acids is 1. The summed E-state index contributed by atoms with van der Waals surface area (Å²) in [6, 6.07) is -1.55. The van der Waals surface area contributed by atoms with Crippen LogP contribution in [0, 0.1) is 0 Å². The Kier molecular flexibility index (Phi) is 43.1. The van der Waals surface area contributed by atoms with Gasteiger partial charge in [0.1, 0.15) is 12.7 Å². The number of aliphatic hydroxyl groups is 1. The number of unbranched alkanes of at least 4 members (excludes halogenated alkanes) is 29. The third kappa shape index (κ3) is 44.4. The van der Waals surface area contributed by atoms with Gasteiger partial charge in [-0.05, 0) is 44.9 Å². The Morgan fingerprint density at radius 2 is 0.902 bits per heavy atom. The van der Waals surface area contributed by atoms with Crippen molar-refractivity contribution >= 4 is 25.7 Å². The lowest BCUT2D eigenvalue weighted by molar-refractivity contribution is -0.147. The Morgan fingerprint density at radius 3 is 1.34 bits per heavy atom. The second kappa shape index (κ2) is 44.6. The summed E-state index contributed by atoms with van der Waals surface area (Å²) in [5, 5.41) is 21.9. The van der Waals surface area contributed by atoms with Crippen molar-refractivity contribution in [2.24, 2.45) is 0 Å². The van der Waals surface area contributed by atoms with Gasteiger partial charge < -0.3 is 25.2 Å². The fraction of sp³-hybridized carbons (Fsp3) is 0.857. The second-order valence-corrected chi connectivity index (χ2v) is 18.5. The Hall–Kier alpha value is -2.04. The number of carboxylic acid groups (broad SMARTS) is 1. The molecule has 12 heteroatoms. The van der Waals surface area contributed by atoms with Crippen LogP contribution in [-0.4, -0.2) is 64.9 Å². The Bertz CT molecular complexity index is 1130. The Labute approximate surface area is 372 Å². The van der Waals surface area contributed by atoms with E-state index in [9.17, 15) is 34.1 Å². The smallest absolute Gasteiger partial charge is 0.472 e. The Morgan fingerprint density at radius 1 is 0.525 bits per heavy atom. The molecule has 3 unspecified atom stereocenters. The molecule has 0 fully saturated rings. The summed E-state index contributed by atoms with van der Waals surface area (Å²) in [6.07, 6.45) is 47.7. The van der Waals surface area contributed by atoms with Crippen molar-refractivity contribution in [1.82, 2.24) is 5.32 Å². The first-order valence-electron chi connectivity index (χ1n) is 24.9. The number of aliphatic hydroxyl groups excluding tert-OH is 1. The number of esters is 1. The van der Waals surface area contributed by atoms with Crippen molar-refractivity contribution in [2.45, 2.75) is 251 Å². The average Bonchev–Trinajstić information content (AvgIpc) is 3.24. The van der Waals surface area contributed by atoms with Gasteiger partial charge in [-0.3, -0.25) is 18.6 Å². The summed E-state index contributed by atoms with van der Waals surface area (Å²) in [5.74, 6) is -2.37. The van der Waals surface area contributed by atoms with Crippen molar-refractivity contribution in [3.63, 3.8) is 0 Å². The lowest BCUT2D eigenvalue weighted by Gasteiger charge is -2.18. The maximum absolute atomic E-state index is 12.3. The van der Waals surface area contributed by atoms with Gasteiger partial charge in [-0.15, -0.1) is 0 Å². The molecule has 0 aromatic heterocycles. The normalized spacial score (nSPS) is 13.8. The molecule has 11 nitrogen and oxygen atoms in total. The van der Waals surface area contributed by atoms with Crippen LogP contribution >= 0.6 is 7.82 Å². The first kappa shape index (κ1) is 59.0. The van der Waals surface area contributed by atoms with Crippen LogP contribution in [0.25, 0.3) is 0 Å². The van der Waals surface area contributed by atoms with Gasteiger partial charge in [0.15, 0.2) is 6.04 Å². The molecule has 0 rings (SSSR count). The number of nitrogens with one attached hydrogen (secondary N) is 1. The minimum Gasteiger partial charge on any atom is -0.480 e. The maximum Gasteiger partial charge on any atom is 0.472 e. The van der Waals surface area contributed by atoms with E-state index in [1.54, 1.807) is 0 Å². The summed E-state index contributed by atoms with van der Waals surface area (Å²) in [7, 11) is -4.76. The van der Waals surface area contributed by atoms with E-state index >= 15 is 0 Å². The monoisotopic (exact) mass is 886 g/mol. The van der Waals surface area contributed by atoms with Crippen LogP contribution in [-0.2, 0) is 32.7 Å². The van der Waals surface area contributed by atoms with Crippen LogP contribution in [0.2, 0.25) is 0 Å². The zero-order chi connectivity index (χ0) is 44.9. The van der Waals surface area contributed by atoms with E-state index in [-0.39, 0.29) is 12.8 Å². The number of ether oxygens (including phenoxy) is 1. The van der Waals surface area contributed by atoms with E-state index in [2.05, 4.69) is 43.5 Å². The van der Waals surface area contributed by atoms with Crippen molar-refractivity contribution in [1.29, 1.82) is 0 Å². The van der Waals surface area contributed by atoms with Gasteiger partial charge in [0.05, 0.1) is 13.2 Å². The van der Waals surface area contributed by atoms with Crippen molar-refractivity contribution in [2.75, 3.05) is 19.8 Å². The maximum atomic E-state index is 12.3. The molecule has 3 atom stereocenters. The number of hydrogen-bond donors (Lipinski definition) is 4. The van der Waals surface area contributed by atoms with Crippen LogP contribution < -0.4 is 5.32 Å². The van der Waals surface area contributed by atoms with E-state index in [4.69, 9.17) is 13.8 Å². The van der Waals surface area contributed by atoms with Gasteiger partial charge in [-0.2, -0.15) is 0 Å². The summed E-state index contributed by atoms with van der Waals surface area (Å²) in [4.78, 5) is 46.1. The highest BCUT2D eigenvalue weighted by atomic mass is 31.2. The molecule has 0 bridgehead atoms. The quantitative estimate of drug-likeness (QED) is 0.0200. The summed E-state index contributed by atoms with van der Waals surface area (Å²) in [5.41, 5.74) is 0. The molecule has 61 heavy (non-hydrogen) atoms. The molecular formula is C49H92NO10P. The molecule has 0 radical (unpaired) electrons. The molecule has 1 amide bonds. The first-order chi connectivity index (χ1) is 29.6. The van der Waals surface area contributed by atoms with Crippen molar-refractivity contribution in [3.05, 3.63) is 24.3 Å². The zero-order valence-corrected chi connectivity index (χ0v) is 39.9. The van der Waals surface area contributed by atoms with Crippen LogP contribution in [0.1, 0.15) is 239 Å². The fourth-order valence-corrected chi connectivity index (χ4v) is 7.88. The number of phosphoric ester groups is 1. The van der Waals surface area contributed by atoms with Crippen LogP contribution in [0.15, 0.2) is 24.3 Å². The molecule has 0 heterocycles. The number of amides is 1. The number of allylic oxidation sites excluding steroid dienone is 4. The molecule has 0 saturated heterocycles. The van der Waals surface area contributed by atoms with Crippen LogP contribution in [0.4, 0.5) is 0 Å². The van der Waals surface area contributed by atoms with Gasteiger partial charge in [0.2, 0.25) is 5.91 Å². The van der Waals surface area contributed by atoms with E-state index in [0.29, 0.717) is 12.8 Å². The number of carbonyl (C=O) groups is 3.